The third-order valence-corrected chi connectivity index (χ3v) is 4.16. The normalized spacial score (nSPS) is 23.3. The van der Waals surface area contributed by atoms with Gasteiger partial charge in [0.2, 0.25) is 0 Å². The molecular formula is C8H11BrN2S. The predicted molar refractivity (Wildman–Crippen MR) is 55.6 cm³/mol. The number of hydrogen-bond donors (Lipinski definition) is 0. The van der Waals surface area contributed by atoms with E-state index in [2.05, 4.69) is 32.5 Å². The fraction of sp³-hybridized carbons (Fsp3) is 0.625. The highest BCUT2D eigenvalue weighted by Crippen LogP contribution is 2.32. The highest BCUT2D eigenvalue weighted by Gasteiger charge is 2.21. The van der Waals surface area contributed by atoms with Crippen LogP contribution in [0.1, 0.15) is 18.2 Å². The van der Waals surface area contributed by atoms with Crippen molar-refractivity contribution in [3.8, 4) is 0 Å². The molecule has 1 aliphatic rings. The first kappa shape index (κ1) is 8.63. The van der Waals surface area contributed by atoms with E-state index in [1.807, 2.05) is 18.0 Å². The zero-order valence-corrected chi connectivity index (χ0v) is 9.36. The molecule has 2 rings (SSSR count). The molecule has 0 amide bonds. The second kappa shape index (κ2) is 3.42. The van der Waals surface area contributed by atoms with E-state index in [0.29, 0.717) is 5.92 Å². The highest BCUT2D eigenvalue weighted by atomic mass is 79.9. The molecule has 0 saturated carbocycles. The second-order valence-electron chi connectivity index (χ2n) is 3.06. The molecule has 4 heteroatoms. The Morgan fingerprint density at radius 1 is 1.75 bits per heavy atom. The lowest BCUT2D eigenvalue weighted by Crippen LogP contribution is -2.05. The fourth-order valence-electron chi connectivity index (χ4n) is 1.52. The lowest BCUT2D eigenvalue weighted by molar-refractivity contribution is 0.667. The molecule has 1 aromatic rings. The standard InChI is InChI=1S/C8H11BrN2S/c1-11-7(9)4-10-8(11)6-2-3-12-5-6/h4,6H,2-3,5H2,1H3. The molecule has 0 aromatic carbocycles. The summed E-state index contributed by atoms with van der Waals surface area (Å²) in [5.74, 6) is 4.42. The Balaban J connectivity index is 2.26. The van der Waals surface area contributed by atoms with Crippen LogP contribution in [0.25, 0.3) is 0 Å². The summed E-state index contributed by atoms with van der Waals surface area (Å²) in [6.45, 7) is 0. The Hall–Kier alpha value is 0.0400. The molecule has 66 valence electrons. The SMILES string of the molecule is Cn1c(Br)cnc1C1CCSC1. The predicted octanol–water partition coefficient (Wildman–Crippen LogP) is 2.40. The van der Waals surface area contributed by atoms with Gasteiger partial charge in [-0.1, -0.05) is 0 Å². The number of rotatable bonds is 1. The summed E-state index contributed by atoms with van der Waals surface area (Å²) in [6.07, 6.45) is 3.17. The van der Waals surface area contributed by atoms with E-state index in [0.717, 1.165) is 4.60 Å². The maximum Gasteiger partial charge on any atom is 0.113 e. The van der Waals surface area contributed by atoms with Gasteiger partial charge in [-0.2, -0.15) is 11.8 Å². The minimum Gasteiger partial charge on any atom is -0.326 e. The first-order chi connectivity index (χ1) is 5.79. The third kappa shape index (κ3) is 1.42. The average molecular weight is 247 g/mol. The van der Waals surface area contributed by atoms with Gasteiger partial charge >= 0.3 is 0 Å². The van der Waals surface area contributed by atoms with Gasteiger partial charge in [-0.3, -0.25) is 0 Å². The van der Waals surface area contributed by atoms with Crippen molar-refractivity contribution in [2.45, 2.75) is 12.3 Å². The number of imidazole rings is 1. The first-order valence-corrected chi connectivity index (χ1v) is 5.98. The lowest BCUT2D eigenvalue weighted by atomic mass is 10.1. The van der Waals surface area contributed by atoms with E-state index >= 15 is 0 Å². The number of nitrogens with zero attached hydrogens (tertiary/aromatic N) is 2. The van der Waals surface area contributed by atoms with Gasteiger partial charge in [-0.25, -0.2) is 4.98 Å². The number of hydrogen-bond acceptors (Lipinski definition) is 2. The Kier molecular flexibility index (Phi) is 2.46. The molecule has 1 saturated heterocycles. The van der Waals surface area contributed by atoms with E-state index < -0.39 is 0 Å². The first-order valence-electron chi connectivity index (χ1n) is 4.04. The van der Waals surface area contributed by atoms with E-state index in [4.69, 9.17) is 0 Å². The van der Waals surface area contributed by atoms with E-state index in [1.165, 1.54) is 23.8 Å². The molecule has 1 fully saturated rings. The van der Waals surface area contributed by atoms with Gasteiger partial charge in [0, 0.05) is 18.7 Å². The van der Waals surface area contributed by atoms with Crippen LogP contribution < -0.4 is 0 Å². The van der Waals surface area contributed by atoms with Crippen molar-refractivity contribution in [2.24, 2.45) is 7.05 Å². The van der Waals surface area contributed by atoms with Crippen molar-refractivity contribution >= 4 is 27.7 Å². The van der Waals surface area contributed by atoms with Crippen LogP contribution in [0.5, 0.6) is 0 Å². The maximum absolute atomic E-state index is 4.40. The summed E-state index contributed by atoms with van der Waals surface area (Å²) in [7, 11) is 2.06. The van der Waals surface area contributed by atoms with Crippen molar-refractivity contribution in [2.75, 3.05) is 11.5 Å². The van der Waals surface area contributed by atoms with Crippen LogP contribution in [-0.4, -0.2) is 21.1 Å². The van der Waals surface area contributed by atoms with Crippen molar-refractivity contribution in [1.29, 1.82) is 0 Å². The molecule has 2 nitrogen and oxygen atoms in total. The van der Waals surface area contributed by atoms with Crippen LogP contribution in [0, 0.1) is 0 Å². The summed E-state index contributed by atoms with van der Waals surface area (Å²) in [6, 6.07) is 0. The molecule has 0 spiro atoms. The molecule has 12 heavy (non-hydrogen) atoms. The summed E-state index contributed by atoms with van der Waals surface area (Å²) < 4.78 is 3.21. The zero-order chi connectivity index (χ0) is 8.55. The number of halogens is 1. The van der Waals surface area contributed by atoms with Gasteiger partial charge in [0.1, 0.15) is 10.4 Å². The molecular weight excluding hydrogens is 236 g/mol. The van der Waals surface area contributed by atoms with Crippen molar-refractivity contribution < 1.29 is 0 Å². The van der Waals surface area contributed by atoms with Crippen LogP contribution in [0.4, 0.5) is 0 Å². The molecule has 1 unspecified atom stereocenters. The molecule has 1 atom stereocenters. The van der Waals surface area contributed by atoms with Crippen LogP contribution >= 0.6 is 27.7 Å². The van der Waals surface area contributed by atoms with Gasteiger partial charge in [0.25, 0.3) is 0 Å². The monoisotopic (exact) mass is 246 g/mol. The van der Waals surface area contributed by atoms with Crippen LogP contribution in [0.15, 0.2) is 10.8 Å². The van der Waals surface area contributed by atoms with Crippen molar-refractivity contribution in [3.63, 3.8) is 0 Å². The summed E-state index contributed by atoms with van der Waals surface area (Å²) in [4.78, 5) is 4.40. The van der Waals surface area contributed by atoms with Gasteiger partial charge < -0.3 is 4.57 Å². The Bertz CT molecular complexity index is 279. The van der Waals surface area contributed by atoms with Gasteiger partial charge in [-0.05, 0) is 28.1 Å². The van der Waals surface area contributed by atoms with Gasteiger partial charge in [0.05, 0.1) is 6.20 Å². The molecule has 0 bridgehead atoms. The fourth-order valence-corrected chi connectivity index (χ4v) is 3.02. The molecule has 1 aliphatic heterocycles. The highest BCUT2D eigenvalue weighted by molar-refractivity contribution is 9.10. The molecule has 0 N–H and O–H groups in total. The van der Waals surface area contributed by atoms with Crippen molar-refractivity contribution in [1.82, 2.24) is 9.55 Å². The van der Waals surface area contributed by atoms with E-state index in [1.54, 1.807) is 0 Å². The van der Waals surface area contributed by atoms with Crippen LogP contribution in [0.2, 0.25) is 0 Å². The Morgan fingerprint density at radius 3 is 3.08 bits per heavy atom. The second-order valence-corrected chi connectivity index (χ2v) is 5.02. The van der Waals surface area contributed by atoms with Gasteiger partial charge in [0.15, 0.2) is 0 Å². The number of aromatic nitrogens is 2. The summed E-state index contributed by atoms with van der Waals surface area (Å²) in [5, 5.41) is 0. The molecule has 0 aliphatic carbocycles. The Labute approximate surface area is 84.9 Å². The zero-order valence-electron chi connectivity index (χ0n) is 6.96. The lowest BCUT2D eigenvalue weighted by Gasteiger charge is -2.07. The largest absolute Gasteiger partial charge is 0.326 e. The quantitative estimate of drug-likeness (QED) is 0.758. The third-order valence-electron chi connectivity index (χ3n) is 2.26. The van der Waals surface area contributed by atoms with Crippen LogP contribution in [-0.2, 0) is 7.05 Å². The summed E-state index contributed by atoms with van der Waals surface area (Å²) >= 11 is 5.48. The van der Waals surface area contributed by atoms with Crippen molar-refractivity contribution in [3.05, 3.63) is 16.6 Å². The molecule has 1 aromatic heterocycles. The minimum atomic E-state index is 0.672. The average Bonchev–Trinajstić information content (AvgIpc) is 2.64. The van der Waals surface area contributed by atoms with E-state index in [-0.39, 0.29) is 0 Å². The smallest absolute Gasteiger partial charge is 0.113 e. The molecule has 2 heterocycles. The minimum absolute atomic E-state index is 0.672. The maximum atomic E-state index is 4.40. The van der Waals surface area contributed by atoms with Gasteiger partial charge in [-0.15, -0.1) is 0 Å². The van der Waals surface area contributed by atoms with E-state index in [9.17, 15) is 0 Å². The Morgan fingerprint density at radius 2 is 2.58 bits per heavy atom. The number of thioether (sulfide) groups is 1. The summed E-state index contributed by atoms with van der Waals surface area (Å²) in [5.41, 5.74) is 0. The molecule has 0 radical (unpaired) electrons. The topological polar surface area (TPSA) is 17.8 Å². The van der Waals surface area contributed by atoms with Crippen LogP contribution in [0.3, 0.4) is 0 Å².